The molecule has 3 nitrogen and oxygen atoms in total. The van der Waals surface area contributed by atoms with Gasteiger partial charge in [-0.3, -0.25) is 4.79 Å². The van der Waals surface area contributed by atoms with Crippen molar-refractivity contribution in [2.24, 2.45) is 11.7 Å². The summed E-state index contributed by atoms with van der Waals surface area (Å²) in [6.07, 6.45) is 2.63. The fourth-order valence-corrected chi connectivity index (χ4v) is 3.65. The van der Waals surface area contributed by atoms with Gasteiger partial charge in [-0.2, -0.15) is 0 Å². The largest absolute Gasteiger partial charge is 0.339 e. The highest BCUT2D eigenvalue weighted by molar-refractivity contribution is 5.80. The van der Waals surface area contributed by atoms with Crippen LogP contribution in [0.3, 0.4) is 0 Å². The lowest BCUT2D eigenvalue weighted by molar-refractivity contribution is -0.136. The fraction of sp³-hybridized carbons (Fsp3) is 0.381. The van der Waals surface area contributed by atoms with Crippen LogP contribution in [0.5, 0.6) is 0 Å². The molecule has 4 heteroatoms. The molecule has 0 bridgehead atoms. The second-order valence-electron chi connectivity index (χ2n) is 6.89. The maximum absolute atomic E-state index is 13.4. The Bertz CT molecular complexity index is 719. The molecule has 1 aliphatic heterocycles. The molecule has 2 aromatic carbocycles. The first kappa shape index (κ1) is 17.6. The van der Waals surface area contributed by atoms with Crippen LogP contribution in [-0.2, 0) is 11.2 Å². The summed E-state index contributed by atoms with van der Waals surface area (Å²) in [6.45, 7) is 2.65. The summed E-state index contributed by atoms with van der Waals surface area (Å²) in [6, 6.07) is 16.2. The molecule has 1 aliphatic rings. The lowest BCUT2D eigenvalue weighted by Gasteiger charge is -2.30. The van der Waals surface area contributed by atoms with Crippen LogP contribution < -0.4 is 5.73 Å². The van der Waals surface area contributed by atoms with E-state index in [1.165, 1.54) is 6.07 Å². The lowest BCUT2D eigenvalue weighted by atomic mass is 9.93. The number of benzene rings is 2. The first-order valence-corrected chi connectivity index (χ1v) is 8.91. The van der Waals surface area contributed by atoms with Crippen molar-refractivity contribution < 1.29 is 9.18 Å². The Hall–Kier alpha value is -2.20. The number of carbonyl (C=O) groups is 1. The third-order valence-corrected chi connectivity index (χ3v) is 5.13. The zero-order chi connectivity index (χ0) is 17.8. The molecule has 1 amide bonds. The van der Waals surface area contributed by atoms with Crippen LogP contribution in [0.4, 0.5) is 4.39 Å². The van der Waals surface area contributed by atoms with Crippen molar-refractivity contribution in [2.45, 2.75) is 38.3 Å². The predicted octanol–water partition coefficient (Wildman–Crippen LogP) is 3.70. The molecule has 3 unspecified atom stereocenters. The van der Waals surface area contributed by atoms with Gasteiger partial charge in [0.05, 0.1) is 5.92 Å². The first-order valence-electron chi connectivity index (χ1n) is 8.91. The van der Waals surface area contributed by atoms with E-state index in [4.69, 9.17) is 5.73 Å². The molecule has 132 valence electrons. The standard InChI is InChI=1S/C21H25FN2O/c1-15(20(23)17-8-3-2-4-9-17)21(25)24-12-6-11-19(24)14-16-7-5-10-18(22)13-16/h2-5,7-10,13,15,19-20H,6,11-12,14,23H2,1H3. The molecule has 0 aromatic heterocycles. The zero-order valence-corrected chi connectivity index (χ0v) is 14.6. The van der Waals surface area contributed by atoms with E-state index in [0.29, 0.717) is 6.42 Å². The number of halogens is 1. The quantitative estimate of drug-likeness (QED) is 0.902. The van der Waals surface area contributed by atoms with Gasteiger partial charge >= 0.3 is 0 Å². The van der Waals surface area contributed by atoms with E-state index >= 15 is 0 Å². The number of amides is 1. The molecule has 25 heavy (non-hydrogen) atoms. The Labute approximate surface area is 148 Å². The van der Waals surface area contributed by atoms with Crippen LogP contribution in [0, 0.1) is 11.7 Å². The third-order valence-electron chi connectivity index (χ3n) is 5.13. The van der Waals surface area contributed by atoms with Crippen LogP contribution in [0.25, 0.3) is 0 Å². The van der Waals surface area contributed by atoms with Gasteiger partial charge in [0.2, 0.25) is 5.91 Å². The van der Waals surface area contributed by atoms with Crippen molar-refractivity contribution in [3.05, 3.63) is 71.5 Å². The van der Waals surface area contributed by atoms with Gasteiger partial charge in [-0.15, -0.1) is 0 Å². The molecule has 2 aromatic rings. The van der Waals surface area contributed by atoms with E-state index in [1.54, 1.807) is 12.1 Å². The lowest BCUT2D eigenvalue weighted by Crippen LogP contribution is -2.42. The smallest absolute Gasteiger partial charge is 0.227 e. The highest BCUT2D eigenvalue weighted by Crippen LogP contribution is 2.27. The molecule has 0 spiro atoms. The van der Waals surface area contributed by atoms with Gasteiger partial charge in [-0.25, -0.2) is 4.39 Å². The number of carbonyl (C=O) groups excluding carboxylic acids is 1. The zero-order valence-electron chi connectivity index (χ0n) is 14.6. The topological polar surface area (TPSA) is 46.3 Å². The Morgan fingerprint density at radius 1 is 1.24 bits per heavy atom. The van der Waals surface area contributed by atoms with Crippen LogP contribution >= 0.6 is 0 Å². The molecule has 0 radical (unpaired) electrons. The Kier molecular flexibility index (Phi) is 5.49. The van der Waals surface area contributed by atoms with Crippen molar-refractivity contribution in [1.82, 2.24) is 4.90 Å². The van der Waals surface area contributed by atoms with E-state index in [0.717, 1.165) is 30.5 Å². The van der Waals surface area contributed by atoms with Crippen molar-refractivity contribution in [1.29, 1.82) is 0 Å². The Morgan fingerprint density at radius 3 is 2.72 bits per heavy atom. The minimum Gasteiger partial charge on any atom is -0.339 e. The van der Waals surface area contributed by atoms with Gasteiger partial charge < -0.3 is 10.6 Å². The molecule has 3 rings (SSSR count). The summed E-state index contributed by atoms with van der Waals surface area (Å²) in [5, 5.41) is 0. The number of rotatable bonds is 5. The number of likely N-dealkylation sites (tertiary alicyclic amines) is 1. The average Bonchev–Trinajstić information content (AvgIpc) is 3.08. The SMILES string of the molecule is CC(C(=O)N1CCCC1Cc1cccc(F)c1)C(N)c1ccccc1. The van der Waals surface area contributed by atoms with E-state index in [2.05, 4.69) is 0 Å². The third kappa shape index (κ3) is 4.07. The maximum atomic E-state index is 13.4. The van der Waals surface area contributed by atoms with E-state index in [-0.39, 0.29) is 29.7 Å². The summed E-state index contributed by atoms with van der Waals surface area (Å²) < 4.78 is 13.4. The minimum absolute atomic E-state index is 0.0928. The van der Waals surface area contributed by atoms with Gasteiger partial charge in [0.25, 0.3) is 0 Å². The van der Waals surface area contributed by atoms with Crippen molar-refractivity contribution in [3.8, 4) is 0 Å². The van der Waals surface area contributed by atoms with Gasteiger partial charge in [0, 0.05) is 18.6 Å². The molecule has 1 saturated heterocycles. The average molecular weight is 340 g/mol. The summed E-state index contributed by atoms with van der Waals surface area (Å²) in [7, 11) is 0. The Morgan fingerprint density at radius 2 is 2.00 bits per heavy atom. The second-order valence-corrected chi connectivity index (χ2v) is 6.89. The molecule has 1 fully saturated rings. The molecular formula is C21H25FN2O. The second kappa shape index (κ2) is 7.79. The number of hydrogen-bond acceptors (Lipinski definition) is 2. The summed E-state index contributed by atoms with van der Waals surface area (Å²) in [5.74, 6) is -0.418. The van der Waals surface area contributed by atoms with Gasteiger partial charge in [0.15, 0.2) is 0 Å². The maximum Gasteiger partial charge on any atom is 0.227 e. The number of nitrogens with two attached hydrogens (primary N) is 1. The van der Waals surface area contributed by atoms with Gasteiger partial charge in [0.1, 0.15) is 5.82 Å². The molecule has 0 saturated carbocycles. The molecule has 3 atom stereocenters. The highest BCUT2D eigenvalue weighted by Gasteiger charge is 2.33. The van der Waals surface area contributed by atoms with E-state index < -0.39 is 0 Å². The van der Waals surface area contributed by atoms with Gasteiger partial charge in [-0.1, -0.05) is 49.4 Å². The Balaban J connectivity index is 1.69. The molecule has 0 aliphatic carbocycles. The predicted molar refractivity (Wildman–Crippen MR) is 97.4 cm³/mol. The van der Waals surface area contributed by atoms with E-state index in [9.17, 15) is 9.18 Å². The normalized spacial score (nSPS) is 19.6. The van der Waals surface area contributed by atoms with Crippen molar-refractivity contribution in [2.75, 3.05) is 6.54 Å². The summed E-state index contributed by atoms with van der Waals surface area (Å²) >= 11 is 0. The van der Waals surface area contributed by atoms with Crippen LogP contribution in [0.15, 0.2) is 54.6 Å². The summed E-state index contributed by atoms with van der Waals surface area (Å²) in [4.78, 5) is 14.9. The van der Waals surface area contributed by atoms with Crippen molar-refractivity contribution in [3.63, 3.8) is 0 Å². The molecule has 2 N–H and O–H groups in total. The fourth-order valence-electron chi connectivity index (χ4n) is 3.65. The number of hydrogen-bond donors (Lipinski definition) is 1. The summed E-state index contributed by atoms with van der Waals surface area (Å²) in [5.41, 5.74) is 8.24. The van der Waals surface area contributed by atoms with Crippen LogP contribution in [0.1, 0.15) is 36.9 Å². The van der Waals surface area contributed by atoms with Crippen LogP contribution in [0.2, 0.25) is 0 Å². The molecular weight excluding hydrogens is 315 g/mol. The minimum atomic E-state index is -0.316. The highest BCUT2D eigenvalue weighted by atomic mass is 19.1. The van der Waals surface area contributed by atoms with E-state index in [1.807, 2.05) is 48.2 Å². The molecule has 1 heterocycles. The van der Waals surface area contributed by atoms with Crippen LogP contribution in [-0.4, -0.2) is 23.4 Å². The van der Waals surface area contributed by atoms with Crippen molar-refractivity contribution >= 4 is 5.91 Å². The van der Waals surface area contributed by atoms with Gasteiger partial charge in [-0.05, 0) is 42.5 Å². The first-order chi connectivity index (χ1) is 12.1. The number of nitrogens with zero attached hydrogens (tertiary/aromatic N) is 1. The monoisotopic (exact) mass is 340 g/mol.